The number of ether oxygens (including phenoxy) is 1. The summed E-state index contributed by atoms with van der Waals surface area (Å²) in [4.78, 5) is 19.8. The molecule has 154 valence electrons. The topological polar surface area (TPSA) is 124 Å². The van der Waals surface area contributed by atoms with Crippen molar-refractivity contribution in [3.05, 3.63) is 35.9 Å². The Labute approximate surface area is 160 Å². The number of hydrogen-bond acceptors (Lipinski definition) is 5. The van der Waals surface area contributed by atoms with Crippen molar-refractivity contribution in [2.75, 3.05) is 13.2 Å². The average molecular weight is 384 g/mol. The fourth-order valence-corrected chi connectivity index (χ4v) is 2.15. The Balaban J connectivity index is 0.000000580. The van der Waals surface area contributed by atoms with Crippen LogP contribution in [0.25, 0.3) is 0 Å². The van der Waals surface area contributed by atoms with Crippen molar-refractivity contribution in [3.63, 3.8) is 0 Å². The molecule has 0 amide bonds. The minimum atomic E-state index is -0.870. The van der Waals surface area contributed by atoms with E-state index in [2.05, 4.69) is 12.1 Å². The highest BCUT2D eigenvalue weighted by molar-refractivity contribution is 5.67. The molecular formula is C20H32O7. The molecule has 0 fully saturated rings. The van der Waals surface area contributed by atoms with Gasteiger partial charge in [0, 0.05) is 12.8 Å². The quantitative estimate of drug-likeness (QED) is 0.385. The van der Waals surface area contributed by atoms with Crippen LogP contribution in [0.1, 0.15) is 51.0 Å². The van der Waals surface area contributed by atoms with Crippen LogP contribution in [0.15, 0.2) is 30.3 Å². The van der Waals surface area contributed by atoms with Crippen molar-refractivity contribution < 1.29 is 34.8 Å². The van der Waals surface area contributed by atoms with Gasteiger partial charge in [-0.05, 0) is 44.6 Å². The van der Waals surface area contributed by atoms with E-state index in [1.807, 2.05) is 18.2 Å². The van der Waals surface area contributed by atoms with Gasteiger partial charge >= 0.3 is 11.9 Å². The Hall–Kier alpha value is -1.96. The van der Waals surface area contributed by atoms with Crippen molar-refractivity contribution >= 4 is 11.9 Å². The van der Waals surface area contributed by atoms with Crippen molar-refractivity contribution in [2.24, 2.45) is 0 Å². The molecule has 0 radical (unpaired) electrons. The maximum atomic E-state index is 9.90. The predicted molar refractivity (Wildman–Crippen MR) is 102 cm³/mol. The van der Waals surface area contributed by atoms with Crippen LogP contribution in [0.4, 0.5) is 0 Å². The van der Waals surface area contributed by atoms with Gasteiger partial charge in [-0.3, -0.25) is 9.59 Å². The lowest BCUT2D eigenvalue weighted by molar-refractivity contribution is -0.139. The van der Waals surface area contributed by atoms with E-state index in [0.717, 1.165) is 19.3 Å². The summed E-state index contributed by atoms with van der Waals surface area (Å²) < 4.78 is 5.26. The Bertz CT molecular complexity index is 488. The number of benzene rings is 1. The first-order valence-electron chi connectivity index (χ1n) is 9.23. The lowest BCUT2D eigenvalue weighted by atomic mass is 10.1. The van der Waals surface area contributed by atoms with Crippen LogP contribution in [-0.4, -0.2) is 57.8 Å². The predicted octanol–water partition coefficient (Wildman–Crippen LogP) is 2.48. The number of carboxylic acids is 2. The highest BCUT2D eigenvalue weighted by Gasteiger charge is 2.07. The van der Waals surface area contributed by atoms with E-state index in [1.165, 1.54) is 5.56 Å². The number of aliphatic hydroxyl groups is 2. The molecule has 7 nitrogen and oxygen atoms in total. The summed E-state index contributed by atoms with van der Waals surface area (Å²) >= 11 is 0. The molecule has 7 heteroatoms. The lowest BCUT2D eigenvalue weighted by Crippen LogP contribution is -2.22. The highest BCUT2D eigenvalue weighted by Crippen LogP contribution is 2.07. The zero-order valence-corrected chi connectivity index (χ0v) is 15.9. The molecule has 0 aliphatic heterocycles. The SMILES string of the molecule is CC(CO)OCC(O)CCCc1ccccc1.O=C(O)CCCCC(=O)O. The van der Waals surface area contributed by atoms with Crippen LogP contribution in [0.3, 0.4) is 0 Å². The number of carbonyl (C=O) groups is 2. The van der Waals surface area contributed by atoms with E-state index in [1.54, 1.807) is 6.92 Å². The summed E-state index contributed by atoms with van der Waals surface area (Å²) in [6.45, 7) is 2.09. The van der Waals surface area contributed by atoms with Gasteiger partial charge in [0.05, 0.1) is 25.4 Å². The van der Waals surface area contributed by atoms with Gasteiger partial charge in [0.15, 0.2) is 0 Å². The number of hydrogen-bond donors (Lipinski definition) is 4. The van der Waals surface area contributed by atoms with Gasteiger partial charge in [0.1, 0.15) is 0 Å². The fraction of sp³-hybridized carbons (Fsp3) is 0.600. The molecule has 0 aromatic heterocycles. The second-order valence-corrected chi connectivity index (χ2v) is 6.35. The van der Waals surface area contributed by atoms with E-state index < -0.39 is 18.0 Å². The lowest BCUT2D eigenvalue weighted by Gasteiger charge is -2.14. The number of aliphatic carboxylic acids is 2. The molecule has 0 aliphatic rings. The standard InChI is InChI=1S/C14H22O3.C6H10O4/c1-12(10-15)17-11-14(16)9-5-8-13-6-3-2-4-7-13;7-5(8)3-1-2-4-6(9)10/h2-4,6-7,12,14-16H,5,8-11H2,1H3;1-4H2,(H,7,8)(H,9,10). The second-order valence-electron chi connectivity index (χ2n) is 6.35. The maximum Gasteiger partial charge on any atom is 0.303 e. The third-order valence-electron chi connectivity index (χ3n) is 3.71. The number of aryl methyl sites for hydroxylation is 1. The Kier molecular flexibility index (Phi) is 15.1. The van der Waals surface area contributed by atoms with E-state index in [-0.39, 0.29) is 25.6 Å². The van der Waals surface area contributed by atoms with Crippen LogP contribution in [0.5, 0.6) is 0 Å². The molecule has 0 heterocycles. The Morgan fingerprint density at radius 2 is 1.56 bits per heavy atom. The maximum absolute atomic E-state index is 9.90. The molecule has 0 bridgehead atoms. The molecule has 2 atom stereocenters. The van der Waals surface area contributed by atoms with Crippen LogP contribution in [0.2, 0.25) is 0 Å². The zero-order valence-electron chi connectivity index (χ0n) is 15.9. The third kappa shape index (κ3) is 17.2. The van der Waals surface area contributed by atoms with E-state index in [0.29, 0.717) is 19.4 Å². The summed E-state index contributed by atoms with van der Waals surface area (Å²) in [6.07, 6.45) is 3.04. The second kappa shape index (κ2) is 16.2. The van der Waals surface area contributed by atoms with E-state index >= 15 is 0 Å². The smallest absolute Gasteiger partial charge is 0.303 e. The van der Waals surface area contributed by atoms with Gasteiger partial charge in [0.25, 0.3) is 0 Å². The molecular weight excluding hydrogens is 352 g/mol. The fourth-order valence-electron chi connectivity index (χ4n) is 2.15. The van der Waals surface area contributed by atoms with Crippen molar-refractivity contribution in [2.45, 2.75) is 64.1 Å². The van der Waals surface area contributed by atoms with Crippen molar-refractivity contribution in [1.82, 2.24) is 0 Å². The number of rotatable bonds is 13. The van der Waals surface area contributed by atoms with Gasteiger partial charge in [0.2, 0.25) is 0 Å². The van der Waals surface area contributed by atoms with Crippen LogP contribution in [-0.2, 0) is 20.7 Å². The third-order valence-corrected chi connectivity index (χ3v) is 3.71. The molecule has 27 heavy (non-hydrogen) atoms. The number of unbranched alkanes of at least 4 members (excludes halogenated alkanes) is 1. The molecule has 1 aromatic rings. The van der Waals surface area contributed by atoms with Gasteiger partial charge in [-0.15, -0.1) is 0 Å². The Morgan fingerprint density at radius 1 is 1.00 bits per heavy atom. The first kappa shape index (κ1) is 25.0. The first-order valence-corrected chi connectivity index (χ1v) is 9.23. The minimum absolute atomic E-state index is 0.00324. The molecule has 1 aromatic carbocycles. The summed E-state index contributed by atoms with van der Waals surface area (Å²) in [6, 6.07) is 10.2. The van der Waals surface area contributed by atoms with Crippen LogP contribution < -0.4 is 0 Å². The summed E-state index contributed by atoms with van der Waals surface area (Å²) in [5.41, 5.74) is 1.30. The highest BCUT2D eigenvalue weighted by atomic mass is 16.5. The molecule has 0 aliphatic carbocycles. The van der Waals surface area contributed by atoms with Gasteiger partial charge in [-0.2, -0.15) is 0 Å². The molecule has 0 saturated carbocycles. The minimum Gasteiger partial charge on any atom is -0.481 e. The summed E-state index contributed by atoms with van der Waals surface area (Å²) in [5.74, 6) is -1.74. The largest absolute Gasteiger partial charge is 0.481 e. The average Bonchev–Trinajstić information content (AvgIpc) is 2.64. The molecule has 0 spiro atoms. The van der Waals surface area contributed by atoms with Crippen LogP contribution >= 0.6 is 0 Å². The normalized spacial score (nSPS) is 12.6. The van der Waals surface area contributed by atoms with Crippen molar-refractivity contribution in [1.29, 1.82) is 0 Å². The molecule has 0 saturated heterocycles. The monoisotopic (exact) mass is 384 g/mol. The molecule has 2 unspecified atom stereocenters. The molecule has 1 rings (SSSR count). The number of aliphatic hydroxyl groups excluding tert-OH is 2. The van der Waals surface area contributed by atoms with Gasteiger partial charge < -0.3 is 25.2 Å². The van der Waals surface area contributed by atoms with Crippen molar-refractivity contribution in [3.8, 4) is 0 Å². The van der Waals surface area contributed by atoms with E-state index in [4.69, 9.17) is 20.1 Å². The summed E-state index contributed by atoms with van der Waals surface area (Å²) in [5, 5.41) is 34.7. The summed E-state index contributed by atoms with van der Waals surface area (Å²) in [7, 11) is 0. The zero-order chi connectivity index (χ0) is 20.5. The number of carboxylic acid groups (broad SMARTS) is 2. The molecule has 4 N–H and O–H groups in total. The first-order chi connectivity index (χ1) is 12.8. The van der Waals surface area contributed by atoms with Gasteiger partial charge in [-0.1, -0.05) is 30.3 Å². The van der Waals surface area contributed by atoms with E-state index in [9.17, 15) is 14.7 Å². The van der Waals surface area contributed by atoms with Crippen LogP contribution in [0, 0.1) is 0 Å². The Morgan fingerprint density at radius 3 is 2.04 bits per heavy atom. The van der Waals surface area contributed by atoms with Gasteiger partial charge in [-0.25, -0.2) is 0 Å².